The second-order valence-electron chi connectivity index (χ2n) is 6.40. The molecule has 2 aromatic rings. The van der Waals surface area contributed by atoms with Crippen molar-refractivity contribution in [2.24, 2.45) is 0 Å². The van der Waals surface area contributed by atoms with Gasteiger partial charge < -0.3 is 28.5 Å². The fourth-order valence-corrected chi connectivity index (χ4v) is 3.20. The van der Waals surface area contributed by atoms with Crippen LogP contribution in [0, 0.1) is 0 Å². The third-order valence-corrected chi connectivity index (χ3v) is 4.68. The standard InChI is InChI=1S/C18H21N3O5/c22-18(16-3-4-19-26-16)21(6-5-20-7-9-23-10-8-20)12-14-1-2-15-17(11-14)25-13-24-15/h1-4,11H,5-10,12-13H2/p+1. The maximum Gasteiger partial charge on any atom is 0.292 e. The van der Waals surface area contributed by atoms with Gasteiger partial charge in [-0.3, -0.25) is 4.79 Å². The van der Waals surface area contributed by atoms with Crippen molar-refractivity contribution in [1.29, 1.82) is 0 Å². The molecule has 2 aliphatic heterocycles. The lowest BCUT2D eigenvalue weighted by Gasteiger charge is -2.27. The molecule has 3 heterocycles. The number of hydrogen-bond acceptors (Lipinski definition) is 6. The summed E-state index contributed by atoms with van der Waals surface area (Å²) in [5, 5.41) is 3.65. The highest BCUT2D eigenvalue weighted by molar-refractivity contribution is 5.91. The van der Waals surface area contributed by atoms with Gasteiger partial charge in [-0.1, -0.05) is 11.2 Å². The molecule has 2 aliphatic rings. The van der Waals surface area contributed by atoms with Gasteiger partial charge in [0, 0.05) is 12.6 Å². The summed E-state index contributed by atoms with van der Waals surface area (Å²) in [6, 6.07) is 7.35. The molecule has 0 unspecified atom stereocenters. The van der Waals surface area contributed by atoms with Crippen molar-refractivity contribution in [3.05, 3.63) is 41.8 Å². The van der Waals surface area contributed by atoms with Gasteiger partial charge >= 0.3 is 0 Å². The van der Waals surface area contributed by atoms with Crippen molar-refractivity contribution in [3.8, 4) is 11.5 Å². The first-order valence-corrected chi connectivity index (χ1v) is 8.79. The number of ether oxygens (including phenoxy) is 3. The van der Waals surface area contributed by atoms with E-state index in [-0.39, 0.29) is 18.5 Å². The number of nitrogens with one attached hydrogen (secondary N) is 1. The van der Waals surface area contributed by atoms with Crippen molar-refractivity contribution < 1.29 is 28.4 Å². The van der Waals surface area contributed by atoms with E-state index in [9.17, 15) is 4.79 Å². The van der Waals surface area contributed by atoms with Crippen LogP contribution in [0.3, 0.4) is 0 Å². The molecule has 0 spiro atoms. The van der Waals surface area contributed by atoms with Crippen LogP contribution in [0.2, 0.25) is 0 Å². The van der Waals surface area contributed by atoms with Crippen LogP contribution in [0.1, 0.15) is 16.1 Å². The Morgan fingerprint density at radius 1 is 1.15 bits per heavy atom. The number of benzene rings is 1. The molecule has 0 saturated carbocycles. The second kappa shape index (κ2) is 7.76. The number of morpholine rings is 1. The van der Waals surface area contributed by atoms with E-state index in [2.05, 4.69) is 5.16 Å². The van der Waals surface area contributed by atoms with Crippen LogP contribution in [0.15, 0.2) is 35.0 Å². The van der Waals surface area contributed by atoms with Crippen LogP contribution >= 0.6 is 0 Å². The van der Waals surface area contributed by atoms with Crippen LogP contribution in [0.25, 0.3) is 0 Å². The normalized spacial score (nSPS) is 16.6. The molecule has 0 bridgehead atoms. The molecule has 0 aliphatic carbocycles. The number of rotatable bonds is 6. The molecule has 0 radical (unpaired) electrons. The Kier molecular flexibility index (Phi) is 5.03. The highest BCUT2D eigenvalue weighted by Crippen LogP contribution is 2.32. The third kappa shape index (κ3) is 3.81. The van der Waals surface area contributed by atoms with Gasteiger partial charge in [-0.05, 0) is 17.7 Å². The average molecular weight is 360 g/mol. The van der Waals surface area contributed by atoms with E-state index in [0.717, 1.165) is 44.2 Å². The Labute approximate surface area is 151 Å². The number of amides is 1. The number of nitrogens with zero attached hydrogens (tertiary/aromatic N) is 2. The topological polar surface area (TPSA) is 78.5 Å². The van der Waals surface area contributed by atoms with E-state index in [1.165, 1.54) is 11.1 Å². The maximum atomic E-state index is 12.8. The first-order chi connectivity index (χ1) is 12.8. The van der Waals surface area contributed by atoms with Crippen LogP contribution in [-0.4, -0.2) is 62.1 Å². The number of hydrogen-bond donors (Lipinski definition) is 1. The summed E-state index contributed by atoms with van der Waals surface area (Å²) in [4.78, 5) is 16.1. The van der Waals surface area contributed by atoms with Gasteiger partial charge in [0.05, 0.1) is 32.5 Å². The highest BCUT2D eigenvalue weighted by Gasteiger charge is 2.23. The number of quaternary nitrogens is 1. The quantitative estimate of drug-likeness (QED) is 0.779. The monoisotopic (exact) mass is 360 g/mol. The van der Waals surface area contributed by atoms with Crippen LogP contribution in [-0.2, 0) is 11.3 Å². The van der Waals surface area contributed by atoms with Crippen molar-refractivity contribution in [1.82, 2.24) is 10.1 Å². The molecule has 1 aromatic carbocycles. The first kappa shape index (κ1) is 16.9. The Hall–Kier alpha value is -2.58. The summed E-state index contributed by atoms with van der Waals surface area (Å²) in [5.74, 6) is 1.54. The van der Waals surface area contributed by atoms with Gasteiger partial charge in [-0.25, -0.2) is 0 Å². The zero-order valence-electron chi connectivity index (χ0n) is 14.5. The summed E-state index contributed by atoms with van der Waals surface area (Å²) in [5.41, 5.74) is 0.985. The minimum atomic E-state index is -0.159. The van der Waals surface area contributed by atoms with E-state index >= 15 is 0 Å². The van der Waals surface area contributed by atoms with Gasteiger partial charge in [0.1, 0.15) is 13.1 Å². The minimum absolute atomic E-state index is 0.159. The Morgan fingerprint density at radius 3 is 2.81 bits per heavy atom. The summed E-state index contributed by atoms with van der Waals surface area (Å²) in [6.07, 6.45) is 1.49. The summed E-state index contributed by atoms with van der Waals surface area (Å²) in [7, 11) is 0. The summed E-state index contributed by atoms with van der Waals surface area (Å²) in [6.45, 7) is 5.68. The molecule has 8 heteroatoms. The molecule has 8 nitrogen and oxygen atoms in total. The number of carbonyl (C=O) groups is 1. The Morgan fingerprint density at radius 2 is 2.00 bits per heavy atom. The number of fused-ring (bicyclic) bond motifs is 1. The molecule has 1 N–H and O–H groups in total. The third-order valence-electron chi connectivity index (χ3n) is 4.68. The Balaban J connectivity index is 1.47. The lowest BCUT2D eigenvalue weighted by Crippen LogP contribution is -3.14. The number of carbonyl (C=O) groups excluding carboxylic acids is 1. The molecule has 138 valence electrons. The predicted molar refractivity (Wildman–Crippen MR) is 90.2 cm³/mol. The highest BCUT2D eigenvalue weighted by atomic mass is 16.7. The van der Waals surface area contributed by atoms with Crippen LogP contribution in [0.5, 0.6) is 11.5 Å². The van der Waals surface area contributed by atoms with Crippen molar-refractivity contribution >= 4 is 5.91 Å². The SMILES string of the molecule is O=C(c1ccno1)N(CC[NH+]1CCOCC1)Cc1ccc2c(c1)OCO2. The zero-order valence-corrected chi connectivity index (χ0v) is 14.5. The molecular weight excluding hydrogens is 338 g/mol. The fraction of sp³-hybridized carbons (Fsp3) is 0.444. The lowest BCUT2D eigenvalue weighted by molar-refractivity contribution is -0.907. The van der Waals surface area contributed by atoms with Gasteiger partial charge in [-0.15, -0.1) is 0 Å². The zero-order chi connectivity index (χ0) is 17.8. The van der Waals surface area contributed by atoms with E-state index in [1.54, 1.807) is 11.0 Å². The predicted octanol–water partition coefficient (Wildman–Crippen LogP) is -0.0392. The van der Waals surface area contributed by atoms with E-state index in [0.29, 0.717) is 18.8 Å². The smallest absolute Gasteiger partial charge is 0.292 e. The van der Waals surface area contributed by atoms with Crippen molar-refractivity contribution in [2.45, 2.75) is 6.54 Å². The first-order valence-electron chi connectivity index (χ1n) is 8.79. The average Bonchev–Trinajstić information content (AvgIpc) is 3.36. The van der Waals surface area contributed by atoms with E-state index < -0.39 is 0 Å². The molecule has 1 saturated heterocycles. The van der Waals surface area contributed by atoms with Crippen LogP contribution in [0.4, 0.5) is 0 Å². The van der Waals surface area contributed by atoms with Gasteiger partial charge in [0.15, 0.2) is 11.5 Å². The minimum Gasteiger partial charge on any atom is -0.454 e. The molecule has 26 heavy (non-hydrogen) atoms. The van der Waals surface area contributed by atoms with Gasteiger partial charge in [0.2, 0.25) is 12.6 Å². The van der Waals surface area contributed by atoms with Gasteiger partial charge in [0.25, 0.3) is 5.91 Å². The summed E-state index contributed by atoms with van der Waals surface area (Å²) >= 11 is 0. The van der Waals surface area contributed by atoms with Crippen molar-refractivity contribution in [2.75, 3.05) is 46.2 Å². The molecule has 0 atom stereocenters. The van der Waals surface area contributed by atoms with E-state index in [4.69, 9.17) is 18.7 Å². The molecule has 1 aromatic heterocycles. The van der Waals surface area contributed by atoms with E-state index in [1.807, 2.05) is 18.2 Å². The molecular formula is C18H22N3O5+. The maximum absolute atomic E-state index is 12.8. The Bertz CT molecular complexity index is 743. The largest absolute Gasteiger partial charge is 0.454 e. The molecule has 1 fully saturated rings. The van der Waals surface area contributed by atoms with Gasteiger partial charge in [-0.2, -0.15) is 0 Å². The lowest BCUT2D eigenvalue weighted by atomic mass is 10.2. The fourth-order valence-electron chi connectivity index (χ4n) is 3.20. The molecule has 4 rings (SSSR count). The number of aromatic nitrogens is 1. The molecule has 1 amide bonds. The summed E-state index contributed by atoms with van der Waals surface area (Å²) < 4.78 is 21.3. The van der Waals surface area contributed by atoms with Crippen LogP contribution < -0.4 is 14.4 Å². The second-order valence-corrected chi connectivity index (χ2v) is 6.40. The van der Waals surface area contributed by atoms with Crippen molar-refractivity contribution in [3.63, 3.8) is 0 Å².